The van der Waals surface area contributed by atoms with Crippen molar-refractivity contribution in [2.45, 2.75) is 77.9 Å². The topological polar surface area (TPSA) is 52.6 Å². The Morgan fingerprint density at radius 1 is 1.21 bits per heavy atom. The van der Waals surface area contributed by atoms with Crippen molar-refractivity contribution in [3.63, 3.8) is 0 Å². The third kappa shape index (κ3) is 3.92. The first kappa shape index (κ1) is 18.8. The molecule has 0 bridgehead atoms. The van der Waals surface area contributed by atoms with Gasteiger partial charge in [0, 0.05) is 12.2 Å². The number of carbonyl (C=O) groups is 1. The average molecular weight is 332 g/mol. The van der Waals surface area contributed by atoms with Crippen LogP contribution in [0.15, 0.2) is 18.2 Å². The molecule has 1 atom stereocenters. The van der Waals surface area contributed by atoms with E-state index in [4.69, 9.17) is 0 Å². The molecule has 24 heavy (non-hydrogen) atoms. The van der Waals surface area contributed by atoms with E-state index in [0.29, 0.717) is 18.4 Å². The Labute approximate surface area is 146 Å². The number of rotatable bonds is 4. The van der Waals surface area contributed by atoms with Gasteiger partial charge in [0.05, 0.1) is 11.6 Å². The van der Waals surface area contributed by atoms with Gasteiger partial charge in [-0.15, -0.1) is 0 Å². The number of likely N-dealkylation sites (tertiary alicyclic amines) is 1. The third-order valence-electron chi connectivity index (χ3n) is 4.93. The smallest absolute Gasteiger partial charge is 0.322 e. The number of urea groups is 1. The zero-order valence-corrected chi connectivity index (χ0v) is 15.9. The second-order valence-electron chi connectivity index (χ2n) is 8.06. The number of aliphatic hydroxyl groups is 1. The summed E-state index contributed by atoms with van der Waals surface area (Å²) in [6.45, 7) is 12.8. The van der Waals surface area contributed by atoms with Crippen LogP contribution in [0.1, 0.15) is 77.3 Å². The van der Waals surface area contributed by atoms with Crippen LogP contribution in [0.2, 0.25) is 0 Å². The molecule has 1 aliphatic rings. The minimum atomic E-state index is -0.883. The monoisotopic (exact) mass is 332 g/mol. The van der Waals surface area contributed by atoms with Crippen LogP contribution in [0.4, 0.5) is 10.5 Å². The lowest BCUT2D eigenvalue weighted by atomic mass is 9.92. The first-order valence-electron chi connectivity index (χ1n) is 9.05. The molecule has 2 amide bonds. The van der Waals surface area contributed by atoms with Crippen molar-refractivity contribution >= 4 is 11.7 Å². The Bertz CT molecular complexity index is 562. The van der Waals surface area contributed by atoms with Gasteiger partial charge in [0.1, 0.15) is 0 Å². The number of anilines is 1. The SMILES string of the molecule is CC(C)c1cccc(C(C)C)c1NC(=O)N1CCCC1C(C)(C)O. The molecule has 1 fully saturated rings. The zero-order valence-electron chi connectivity index (χ0n) is 15.9. The molecule has 0 saturated carbocycles. The van der Waals surface area contributed by atoms with Crippen LogP contribution in [0.5, 0.6) is 0 Å². The molecular weight excluding hydrogens is 300 g/mol. The Kier molecular flexibility index (Phi) is 5.59. The summed E-state index contributed by atoms with van der Waals surface area (Å²) in [7, 11) is 0. The number of nitrogens with zero attached hydrogens (tertiary/aromatic N) is 1. The Balaban J connectivity index is 2.32. The van der Waals surface area contributed by atoms with Crippen LogP contribution in [0.25, 0.3) is 0 Å². The number of para-hydroxylation sites is 1. The van der Waals surface area contributed by atoms with Crippen molar-refractivity contribution in [3.05, 3.63) is 29.3 Å². The second-order valence-corrected chi connectivity index (χ2v) is 8.06. The second kappa shape index (κ2) is 7.14. The zero-order chi connectivity index (χ0) is 18.1. The number of benzene rings is 1. The molecule has 0 radical (unpaired) electrons. The van der Waals surface area contributed by atoms with Crippen LogP contribution in [-0.2, 0) is 0 Å². The highest BCUT2D eigenvalue weighted by Gasteiger charge is 2.38. The lowest BCUT2D eigenvalue weighted by Gasteiger charge is -2.34. The van der Waals surface area contributed by atoms with Crippen LogP contribution in [0, 0.1) is 0 Å². The van der Waals surface area contributed by atoms with Gasteiger partial charge < -0.3 is 15.3 Å². The van der Waals surface area contributed by atoms with Crippen molar-refractivity contribution in [3.8, 4) is 0 Å². The van der Waals surface area contributed by atoms with E-state index in [1.165, 1.54) is 0 Å². The maximum Gasteiger partial charge on any atom is 0.322 e. The lowest BCUT2D eigenvalue weighted by Crippen LogP contribution is -2.49. The van der Waals surface area contributed by atoms with Crippen LogP contribution < -0.4 is 5.32 Å². The Morgan fingerprint density at radius 2 is 1.75 bits per heavy atom. The summed E-state index contributed by atoms with van der Waals surface area (Å²) in [5, 5.41) is 13.5. The first-order valence-corrected chi connectivity index (χ1v) is 9.05. The van der Waals surface area contributed by atoms with E-state index in [0.717, 1.165) is 29.7 Å². The summed E-state index contributed by atoms with van der Waals surface area (Å²) in [5.41, 5.74) is 2.38. The third-order valence-corrected chi connectivity index (χ3v) is 4.93. The maximum absolute atomic E-state index is 12.9. The minimum Gasteiger partial charge on any atom is -0.388 e. The van der Waals surface area contributed by atoms with Gasteiger partial charge in [0.15, 0.2) is 0 Å². The average Bonchev–Trinajstić information content (AvgIpc) is 2.96. The summed E-state index contributed by atoms with van der Waals surface area (Å²) in [5.74, 6) is 0.672. The van der Waals surface area contributed by atoms with E-state index in [-0.39, 0.29) is 12.1 Å². The van der Waals surface area contributed by atoms with Gasteiger partial charge in [-0.1, -0.05) is 45.9 Å². The van der Waals surface area contributed by atoms with Crippen molar-refractivity contribution in [1.82, 2.24) is 4.90 Å². The summed E-state index contributed by atoms with van der Waals surface area (Å²) in [4.78, 5) is 14.7. The molecule has 0 aromatic heterocycles. The molecule has 2 rings (SSSR count). The summed E-state index contributed by atoms with van der Waals surface area (Å²) in [6.07, 6.45) is 1.78. The van der Waals surface area contributed by atoms with E-state index in [1.54, 1.807) is 18.7 Å². The fourth-order valence-corrected chi connectivity index (χ4v) is 3.62. The van der Waals surface area contributed by atoms with Crippen LogP contribution >= 0.6 is 0 Å². The fourth-order valence-electron chi connectivity index (χ4n) is 3.62. The van der Waals surface area contributed by atoms with E-state index < -0.39 is 5.60 Å². The molecule has 1 saturated heterocycles. The highest BCUT2D eigenvalue weighted by atomic mass is 16.3. The maximum atomic E-state index is 12.9. The summed E-state index contributed by atoms with van der Waals surface area (Å²) < 4.78 is 0. The van der Waals surface area contributed by atoms with Gasteiger partial charge in [-0.25, -0.2) is 4.79 Å². The van der Waals surface area contributed by atoms with E-state index in [2.05, 4.69) is 51.2 Å². The van der Waals surface area contributed by atoms with Crippen molar-refractivity contribution < 1.29 is 9.90 Å². The van der Waals surface area contributed by atoms with E-state index >= 15 is 0 Å². The number of hydrogen-bond acceptors (Lipinski definition) is 2. The van der Waals surface area contributed by atoms with Crippen LogP contribution in [0.3, 0.4) is 0 Å². The largest absolute Gasteiger partial charge is 0.388 e. The van der Waals surface area contributed by atoms with Crippen molar-refractivity contribution in [1.29, 1.82) is 0 Å². The Morgan fingerprint density at radius 3 is 2.21 bits per heavy atom. The molecule has 0 spiro atoms. The molecule has 134 valence electrons. The molecule has 4 heteroatoms. The summed E-state index contributed by atoms with van der Waals surface area (Å²) in [6, 6.07) is 6.00. The number of carbonyl (C=O) groups excluding carboxylic acids is 1. The number of hydrogen-bond donors (Lipinski definition) is 2. The molecule has 1 aromatic rings. The predicted molar refractivity (Wildman–Crippen MR) is 99.7 cm³/mol. The highest BCUT2D eigenvalue weighted by molar-refractivity contribution is 5.92. The highest BCUT2D eigenvalue weighted by Crippen LogP contribution is 2.34. The number of amides is 2. The molecule has 0 aliphatic carbocycles. The molecule has 2 N–H and O–H groups in total. The number of nitrogens with one attached hydrogen (secondary N) is 1. The first-order chi connectivity index (χ1) is 11.1. The van der Waals surface area contributed by atoms with Crippen LogP contribution in [-0.4, -0.2) is 34.2 Å². The predicted octanol–water partition coefficient (Wildman–Crippen LogP) is 4.70. The molecule has 1 aromatic carbocycles. The quantitative estimate of drug-likeness (QED) is 0.839. The van der Waals surface area contributed by atoms with Gasteiger partial charge in [-0.3, -0.25) is 0 Å². The van der Waals surface area contributed by atoms with Gasteiger partial charge in [-0.05, 0) is 49.7 Å². The van der Waals surface area contributed by atoms with Crippen molar-refractivity contribution in [2.24, 2.45) is 0 Å². The Hall–Kier alpha value is -1.55. The molecule has 1 unspecified atom stereocenters. The van der Waals surface area contributed by atoms with Gasteiger partial charge in [-0.2, -0.15) is 0 Å². The molecule has 1 heterocycles. The standard InChI is InChI=1S/C20H32N2O2/c1-13(2)15-9-7-10-16(14(3)4)18(15)21-19(23)22-12-8-11-17(22)20(5,6)24/h7,9-10,13-14,17,24H,8,11-12H2,1-6H3,(H,21,23). The van der Waals surface area contributed by atoms with E-state index in [9.17, 15) is 9.90 Å². The van der Waals surface area contributed by atoms with Gasteiger partial charge in [0.2, 0.25) is 0 Å². The molecular formula is C20H32N2O2. The normalized spacial score (nSPS) is 18.5. The minimum absolute atomic E-state index is 0.102. The van der Waals surface area contributed by atoms with Gasteiger partial charge in [0.25, 0.3) is 0 Å². The lowest BCUT2D eigenvalue weighted by molar-refractivity contribution is 0.0117. The fraction of sp³-hybridized carbons (Fsp3) is 0.650. The molecule has 4 nitrogen and oxygen atoms in total. The van der Waals surface area contributed by atoms with Crippen molar-refractivity contribution in [2.75, 3.05) is 11.9 Å². The summed E-state index contributed by atoms with van der Waals surface area (Å²) >= 11 is 0. The van der Waals surface area contributed by atoms with E-state index in [1.807, 2.05) is 0 Å². The van der Waals surface area contributed by atoms with Gasteiger partial charge >= 0.3 is 6.03 Å². The molecule has 1 aliphatic heterocycles.